The van der Waals surface area contributed by atoms with E-state index in [2.05, 4.69) is 26.3 Å². The highest BCUT2D eigenvalue weighted by molar-refractivity contribution is 7.14. The Hall–Kier alpha value is -3.06. The molecule has 0 bridgehead atoms. The molecule has 1 aromatic heterocycles. The zero-order chi connectivity index (χ0) is 22.6. The molecule has 4 amide bonds. The minimum Gasteiger partial charge on any atom is -0.444 e. The first kappa shape index (κ1) is 23.2. The van der Waals surface area contributed by atoms with Crippen molar-refractivity contribution in [3.05, 3.63) is 11.1 Å². The van der Waals surface area contributed by atoms with Crippen LogP contribution in [0.5, 0.6) is 0 Å². The van der Waals surface area contributed by atoms with Crippen LogP contribution in [0.3, 0.4) is 0 Å². The molecule has 0 saturated carbocycles. The van der Waals surface area contributed by atoms with Gasteiger partial charge in [-0.2, -0.15) is 0 Å². The van der Waals surface area contributed by atoms with Gasteiger partial charge in [0.2, 0.25) is 11.8 Å². The third-order valence-electron chi connectivity index (χ3n) is 3.80. The van der Waals surface area contributed by atoms with Crippen LogP contribution in [-0.2, 0) is 19.1 Å². The van der Waals surface area contributed by atoms with E-state index in [0.717, 1.165) is 11.3 Å². The molecule has 1 aliphatic rings. The Balaban J connectivity index is 1.90. The zero-order valence-electron chi connectivity index (χ0n) is 17.0. The molecule has 12 nitrogen and oxygen atoms in total. The molecule has 0 radical (unpaired) electrons. The molecular weight excluding hydrogens is 414 g/mol. The number of nitrogens with one attached hydrogen (secondary N) is 5. The average Bonchev–Trinajstić information content (AvgIpc) is 3.08. The number of nitrogens with zero attached hydrogens (tertiary/aromatic N) is 1. The van der Waals surface area contributed by atoms with Crippen LogP contribution in [-0.4, -0.2) is 64.8 Å². The van der Waals surface area contributed by atoms with Crippen LogP contribution in [0.25, 0.3) is 0 Å². The summed E-state index contributed by atoms with van der Waals surface area (Å²) in [6.45, 7) is 6.75. The molecule has 0 unspecified atom stereocenters. The number of thiazole rings is 1. The van der Waals surface area contributed by atoms with Crippen molar-refractivity contribution in [3.8, 4) is 0 Å². The summed E-state index contributed by atoms with van der Waals surface area (Å²) >= 11 is 1.02. The minimum atomic E-state index is -0.899. The second-order valence-electron chi connectivity index (χ2n) is 7.64. The lowest BCUT2D eigenvalue weighted by molar-refractivity contribution is -0.135. The van der Waals surface area contributed by atoms with Gasteiger partial charge in [0, 0.05) is 11.9 Å². The molecule has 0 spiro atoms. The fraction of sp³-hybridized carbons (Fsp3) is 0.529. The number of amides is 4. The zero-order valence-corrected chi connectivity index (χ0v) is 17.8. The number of anilines is 1. The van der Waals surface area contributed by atoms with Crippen LogP contribution in [0, 0.1) is 5.41 Å². The van der Waals surface area contributed by atoms with E-state index < -0.39 is 47.3 Å². The third-order valence-corrected chi connectivity index (χ3v) is 4.56. The lowest BCUT2D eigenvalue weighted by Gasteiger charge is -2.37. The smallest absolute Gasteiger partial charge is 0.413 e. The van der Waals surface area contributed by atoms with Crippen LogP contribution >= 0.6 is 11.3 Å². The first-order valence-electron chi connectivity index (χ1n) is 9.06. The fourth-order valence-corrected chi connectivity index (χ4v) is 3.00. The van der Waals surface area contributed by atoms with Gasteiger partial charge in [-0.05, 0) is 27.7 Å². The average molecular weight is 439 g/mol. The molecule has 1 fully saturated rings. The Kier molecular flexibility index (Phi) is 7.10. The van der Waals surface area contributed by atoms with Crippen molar-refractivity contribution in [2.75, 3.05) is 11.9 Å². The Morgan fingerprint density at radius 1 is 1.40 bits per heavy atom. The molecule has 1 aliphatic heterocycles. The Morgan fingerprint density at radius 3 is 2.63 bits per heavy atom. The highest BCUT2D eigenvalue weighted by atomic mass is 32.1. The number of aromatic nitrogens is 1. The van der Waals surface area contributed by atoms with Gasteiger partial charge in [0.15, 0.2) is 5.13 Å². The maximum atomic E-state index is 12.3. The maximum absolute atomic E-state index is 12.3. The highest BCUT2D eigenvalue weighted by Gasteiger charge is 2.41. The van der Waals surface area contributed by atoms with Crippen LogP contribution in [0.1, 0.15) is 33.4 Å². The van der Waals surface area contributed by atoms with Gasteiger partial charge in [0.1, 0.15) is 23.0 Å². The van der Waals surface area contributed by atoms with Gasteiger partial charge in [-0.15, -0.1) is 11.3 Å². The predicted octanol–water partition coefficient (Wildman–Crippen LogP) is -0.695. The van der Waals surface area contributed by atoms with E-state index >= 15 is 0 Å². The summed E-state index contributed by atoms with van der Waals surface area (Å²) in [6.07, 6.45) is -0.706. The summed E-state index contributed by atoms with van der Waals surface area (Å²) in [5, 5.41) is 19.6. The molecule has 2 rings (SSSR count). The van der Waals surface area contributed by atoms with Crippen LogP contribution in [0.4, 0.5) is 9.93 Å². The molecule has 30 heavy (non-hydrogen) atoms. The van der Waals surface area contributed by atoms with Gasteiger partial charge < -0.3 is 26.4 Å². The quantitative estimate of drug-likeness (QED) is 0.239. The summed E-state index contributed by atoms with van der Waals surface area (Å²) in [5.41, 5.74) is 4.33. The minimum absolute atomic E-state index is 0.0325. The molecule has 1 saturated heterocycles. The maximum Gasteiger partial charge on any atom is 0.413 e. The van der Waals surface area contributed by atoms with Gasteiger partial charge in [-0.25, -0.2) is 9.78 Å². The summed E-state index contributed by atoms with van der Waals surface area (Å²) in [6, 6.07) is -2.11. The molecule has 164 valence electrons. The summed E-state index contributed by atoms with van der Waals surface area (Å²) in [4.78, 5) is 51.4. The van der Waals surface area contributed by atoms with Crippen molar-refractivity contribution < 1.29 is 23.9 Å². The molecule has 0 aliphatic carbocycles. The second kappa shape index (κ2) is 9.17. The number of hydrogen-bond donors (Lipinski definition) is 6. The monoisotopic (exact) mass is 439 g/mol. The van der Waals surface area contributed by atoms with Gasteiger partial charge >= 0.3 is 6.09 Å². The Labute approximate surface area is 176 Å². The number of rotatable bonds is 7. The van der Waals surface area contributed by atoms with E-state index in [-0.39, 0.29) is 23.3 Å². The third kappa shape index (κ3) is 6.22. The Bertz CT molecular complexity index is 861. The number of carbonyl (C=O) groups excluding carboxylic acids is 4. The van der Waals surface area contributed by atoms with Crippen molar-refractivity contribution >= 4 is 46.0 Å². The molecule has 2 heterocycles. The second-order valence-corrected chi connectivity index (χ2v) is 8.50. The van der Waals surface area contributed by atoms with Gasteiger partial charge in [0.05, 0.1) is 12.1 Å². The van der Waals surface area contributed by atoms with E-state index in [9.17, 15) is 19.2 Å². The highest BCUT2D eigenvalue weighted by Crippen LogP contribution is 2.18. The number of carbonyl (C=O) groups is 4. The fourth-order valence-electron chi connectivity index (χ4n) is 2.32. The van der Waals surface area contributed by atoms with Gasteiger partial charge in [-0.3, -0.25) is 25.1 Å². The van der Waals surface area contributed by atoms with E-state index in [1.54, 1.807) is 20.8 Å². The first-order chi connectivity index (χ1) is 13.9. The number of ether oxygens (including phenoxy) is 1. The van der Waals surface area contributed by atoms with Crippen molar-refractivity contribution in [1.29, 1.82) is 5.41 Å². The van der Waals surface area contributed by atoms with Crippen molar-refractivity contribution in [2.45, 2.75) is 51.4 Å². The molecule has 13 heteroatoms. The number of β-lactam (4-membered cyclic amide) rings is 1. The van der Waals surface area contributed by atoms with Crippen molar-refractivity contribution in [3.63, 3.8) is 0 Å². The summed E-state index contributed by atoms with van der Waals surface area (Å²) in [7, 11) is 0. The number of hydrogen-bond acceptors (Lipinski definition) is 9. The predicted molar refractivity (Wildman–Crippen MR) is 109 cm³/mol. The largest absolute Gasteiger partial charge is 0.444 e. The van der Waals surface area contributed by atoms with E-state index in [0.29, 0.717) is 0 Å². The van der Waals surface area contributed by atoms with Crippen LogP contribution in [0.15, 0.2) is 5.38 Å². The summed E-state index contributed by atoms with van der Waals surface area (Å²) in [5.74, 6) is -1.63. The van der Waals surface area contributed by atoms with E-state index in [1.165, 1.54) is 12.3 Å². The molecule has 1 aromatic rings. The topological polar surface area (TPSA) is 188 Å². The van der Waals surface area contributed by atoms with Gasteiger partial charge in [0.25, 0.3) is 5.91 Å². The SMILES string of the molecule is C[C@@H](N)C(=O)NC[C@H]1NC(=O)[C@H]1NC(=O)C(=N)c1csc(NC(=O)OC(C)(C)C)n1. The molecule has 7 N–H and O–H groups in total. The normalized spacial score (nSPS) is 19.0. The molecule has 0 aromatic carbocycles. The standard InChI is InChI=1S/C17H25N7O5S/c1-7(18)12(25)20-5-8-11(14(27)21-8)23-13(26)10(19)9-6-30-15(22-9)24-16(28)29-17(2,3)4/h6-8,11,19H,5,18H2,1-4H3,(H,20,25)(H,21,27)(H,23,26)(H,22,24,28)/t7-,8-,11+/m1/s1. The summed E-state index contributed by atoms with van der Waals surface area (Å²) < 4.78 is 5.11. The number of nitrogens with two attached hydrogens (primary N) is 1. The molecule has 3 atom stereocenters. The van der Waals surface area contributed by atoms with Crippen molar-refractivity contribution in [2.24, 2.45) is 5.73 Å². The van der Waals surface area contributed by atoms with Crippen LogP contribution in [0.2, 0.25) is 0 Å². The lowest BCUT2D eigenvalue weighted by atomic mass is 9.98. The lowest BCUT2D eigenvalue weighted by Crippen LogP contribution is -2.72. The van der Waals surface area contributed by atoms with Gasteiger partial charge in [-0.1, -0.05) is 0 Å². The Morgan fingerprint density at radius 2 is 2.07 bits per heavy atom. The van der Waals surface area contributed by atoms with E-state index in [4.69, 9.17) is 15.9 Å². The van der Waals surface area contributed by atoms with Crippen LogP contribution < -0.4 is 27.0 Å². The molecular formula is C17H25N7O5S. The van der Waals surface area contributed by atoms with E-state index in [1.807, 2.05) is 0 Å². The van der Waals surface area contributed by atoms with Crippen molar-refractivity contribution in [1.82, 2.24) is 20.9 Å². The first-order valence-corrected chi connectivity index (χ1v) is 9.94.